The molecule has 4 heterocycles. The number of aryl methyl sites for hydroxylation is 1. The molecule has 0 aliphatic heterocycles. The largest absolute Gasteiger partial charge is 0.345 e. The quantitative estimate of drug-likeness (QED) is 0.578. The van der Waals surface area contributed by atoms with Crippen LogP contribution in [0.25, 0.3) is 16.7 Å². The summed E-state index contributed by atoms with van der Waals surface area (Å²) in [6.07, 6.45) is 6.34. The molecule has 4 aromatic heterocycles. The zero-order chi connectivity index (χ0) is 15.3. The molecule has 0 atom stereocenters. The van der Waals surface area contributed by atoms with E-state index < -0.39 is 0 Å². The van der Waals surface area contributed by atoms with Crippen molar-refractivity contribution in [3.05, 3.63) is 65.6 Å². The lowest BCUT2D eigenvalue weighted by atomic mass is 10.1. The fraction of sp³-hybridized carbons (Fsp3) is 0.0625. The molecule has 0 aromatic carbocycles. The van der Waals surface area contributed by atoms with Crippen LogP contribution >= 0.6 is 0 Å². The van der Waals surface area contributed by atoms with Crippen LogP contribution < -0.4 is 0 Å². The molecule has 22 heavy (non-hydrogen) atoms. The van der Waals surface area contributed by atoms with Crippen molar-refractivity contribution < 1.29 is 9.18 Å². The Morgan fingerprint density at radius 3 is 3.00 bits per heavy atom. The molecule has 6 heteroatoms. The van der Waals surface area contributed by atoms with Crippen molar-refractivity contribution in [2.24, 2.45) is 0 Å². The van der Waals surface area contributed by atoms with E-state index in [0.29, 0.717) is 22.6 Å². The number of halogens is 1. The lowest BCUT2D eigenvalue weighted by molar-refractivity contribution is 0.103. The third-order valence-electron chi connectivity index (χ3n) is 3.62. The van der Waals surface area contributed by atoms with Crippen LogP contribution in [-0.4, -0.2) is 25.1 Å². The number of hydrogen-bond donors (Lipinski definition) is 1. The summed E-state index contributed by atoms with van der Waals surface area (Å²) in [7, 11) is 0. The molecule has 0 fully saturated rings. The molecule has 4 rings (SSSR count). The Balaban J connectivity index is 1.90. The third-order valence-corrected chi connectivity index (χ3v) is 3.62. The maximum absolute atomic E-state index is 13.2. The fourth-order valence-electron chi connectivity index (χ4n) is 2.56. The SMILES string of the molecule is Cc1cnc2[nH]cc(C(=O)c3cnc4cc(F)ccn34)c2c1. The van der Waals surface area contributed by atoms with Gasteiger partial charge in [-0.2, -0.15) is 0 Å². The highest BCUT2D eigenvalue weighted by Crippen LogP contribution is 2.21. The van der Waals surface area contributed by atoms with Crippen LogP contribution in [0.4, 0.5) is 4.39 Å². The predicted octanol–water partition coefficient (Wildman–Crippen LogP) is 2.89. The first-order valence-corrected chi connectivity index (χ1v) is 6.74. The summed E-state index contributed by atoms with van der Waals surface area (Å²) in [5, 5.41) is 0.766. The molecule has 0 unspecified atom stereocenters. The van der Waals surface area contributed by atoms with Gasteiger partial charge in [0.2, 0.25) is 5.78 Å². The first-order valence-electron chi connectivity index (χ1n) is 6.74. The van der Waals surface area contributed by atoms with Gasteiger partial charge in [0, 0.05) is 30.0 Å². The van der Waals surface area contributed by atoms with Gasteiger partial charge in [-0.15, -0.1) is 0 Å². The molecule has 0 saturated heterocycles. The molecule has 0 aliphatic carbocycles. The first-order chi connectivity index (χ1) is 10.6. The molecule has 0 aliphatic rings. The van der Waals surface area contributed by atoms with Gasteiger partial charge in [0.1, 0.15) is 22.8 Å². The van der Waals surface area contributed by atoms with Crippen molar-refractivity contribution in [3.8, 4) is 0 Å². The van der Waals surface area contributed by atoms with Crippen molar-refractivity contribution in [1.29, 1.82) is 0 Å². The maximum atomic E-state index is 13.2. The lowest BCUT2D eigenvalue weighted by Gasteiger charge is -2.01. The van der Waals surface area contributed by atoms with Crippen LogP contribution in [0.1, 0.15) is 21.6 Å². The van der Waals surface area contributed by atoms with E-state index in [9.17, 15) is 9.18 Å². The number of hydrogen-bond acceptors (Lipinski definition) is 3. The van der Waals surface area contributed by atoms with E-state index in [1.807, 2.05) is 13.0 Å². The Morgan fingerprint density at radius 1 is 1.27 bits per heavy atom. The lowest BCUT2D eigenvalue weighted by Crippen LogP contribution is -2.04. The molecule has 0 amide bonds. The van der Waals surface area contributed by atoms with Crippen molar-refractivity contribution >= 4 is 22.5 Å². The van der Waals surface area contributed by atoms with Gasteiger partial charge in [-0.3, -0.25) is 9.20 Å². The fourth-order valence-corrected chi connectivity index (χ4v) is 2.56. The summed E-state index contributed by atoms with van der Waals surface area (Å²) < 4.78 is 14.8. The van der Waals surface area contributed by atoms with E-state index >= 15 is 0 Å². The zero-order valence-corrected chi connectivity index (χ0v) is 11.7. The normalized spacial score (nSPS) is 11.4. The number of imidazole rings is 1. The number of aromatic nitrogens is 4. The monoisotopic (exact) mass is 294 g/mol. The van der Waals surface area contributed by atoms with E-state index in [-0.39, 0.29) is 11.6 Å². The minimum atomic E-state index is -0.385. The standard InChI is InChI=1S/C16H11FN4O/c1-9-4-11-12(7-20-16(11)19-6-9)15(22)13-8-18-14-5-10(17)2-3-21(13)14/h2-8H,1H3,(H,19,20). The number of pyridine rings is 2. The topological polar surface area (TPSA) is 63.0 Å². The van der Waals surface area contributed by atoms with E-state index in [1.54, 1.807) is 16.8 Å². The summed E-state index contributed by atoms with van der Waals surface area (Å²) in [5.41, 5.74) is 2.95. The van der Waals surface area contributed by atoms with E-state index in [2.05, 4.69) is 15.0 Å². The third kappa shape index (κ3) is 1.81. The van der Waals surface area contributed by atoms with Crippen LogP contribution in [0.3, 0.4) is 0 Å². The van der Waals surface area contributed by atoms with Crippen molar-refractivity contribution in [2.75, 3.05) is 0 Å². The number of fused-ring (bicyclic) bond motifs is 2. The van der Waals surface area contributed by atoms with Gasteiger partial charge in [-0.1, -0.05) is 0 Å². The smallest absolute Gasteiger partial charge is 0.213 e. The molecular weight excluding hydrogens is 283 g/mol. The second kappa shape index (κ2) is 4.49. The number of nitrogens with zero attached hydrogens (tertiary/aromatic N) is 3. The van der Waals surface area contributed by atoms with Gasteiger partial charge in [-0.25, -0.2) is 14.4 Å². The van der Waals surface area contributed by atoms with E-state index in [1.165, 1.54) is 24.5 Å². The average molecular weight is 294 g/mol. The number of carbonyl (C=O) groups is 1. The average Bonchev–Trinajstić information content (AvgIpc) is 3.09. The van der Waals surface area contributed by atoms with Gasteiger partial charge in [0.05, 0.1) is 11.8 Å². The molecule has 0 spiro atoms. The summed E-state index contributed by atoms with van der Waals surface area (Å²) in [6, 6.07) is 4.50. The molecule has 4 aromatic rings. The molecule has 108 valence electrons. The zero-order valence-electron chi connectivity index (χ0n) is 11.7. The number of carbonyl (C=O) groups excluding carboxylic acids is 1. The number of ketones is 1. The molecule has 5 nitrogen and oxygen atoms in total. The molecule has 1 N–H and O–H groups in total. The molecule has 0 bridgehead atoms. The van der Waals surface area contributed by atoms with E-state index in [0.717, 1.165) is 10.9 Å². The Bertz CT molecular complexity index is 1030. The van der Waals surface area contributed by atoms with Gasteiger partial charge in [-0.05, 0) is 24.6 Å². The van der Waals surface area contributed by atoms with Crippen LogP contribution in [-0.2, 0) is 0 Å². The first kappa shape index (κ1) is 12.7. The van der Waals surface area contributed by atoms with Gasteiger partial charge < -0.3 is 4.98 Å². The highest BCUT2D eigenvalue weighted by molar-refractivity contribution is 6.15. The Morgan fingerprint density at radius 2 is 2.14 bits per heavy atom. The van der Waals surface area contributed by atoms with Gasteiger partial charge in [0.15, 0.2) is 0 Å². The molecule has 0 saturated carbocycles. The van der Waals surface area contributed by atoms with E-state index in [4.69, 9.17) is 0 Å². The summed E-state index contributed by atoms with van der Waals surface area (Å²) in [6.45, 7) is 1.92. The minimum absolute atomic E-state index is 0.183. The summed E-state index contributed by atoms with van der Waals surface area (Å²) >= 11 is 0. The Kier molecular flexibility index (Phi) is 2.59. The summed E-state index contributed by atoms with van der Waals surface area (Å²) in [4.78, 5) is 24.1. The number of H-pyrrole nitrogens is 1. The summed E-state index contributed by atoms with van der Waals surface area (Å²) in [5.74, 6) is -0.568. The highest BCUT2D eigenvalue weighted by atomic mass is 19.1. The molecule has 0 radical (unpaired) electrons. The molecular formula is C16H11FN4O. The van der Waals surface area contributed by atoms with Gasteiger partial charge in [0.25, 0.3) is 0 Å². The predicted molar refractivity (Wildman–Crippen MR) is 79.4 cm³/mol. The number of rotatable bonds is 2. The van der Waals surface area contributed by atoms with Crippen molar-refractivity contribution in [2.45, 2.75) is 6.92 Å². The minimum Gasteiger partial charge on any atom is -0.345 e. The maximum Gasteiger partial charge on any atom is 0.213 e. The van der Waals surface area contributed by atoms with Crippen molar-refractivity contribution in [1.82, 2.24) is 19.4 Å². The highest BCUT2D eigenvalue weighted by Gasteiger charge is 2.18. The van der Waals surface area contributed by atoms with Crippen LogP contribution in [0.5, 0.6) is 0 Å². The Hall–Kier alpha value is -3.02. The van der Waals surface area contributed by atoms with Crippen LogP contribution in [0.2, 0.25) is 0 Å². The van der Waals surface area contributed by atoms with Crippen molar-refractivity contribution in [3.63, 3.8) is 0 Å². The second-order valence-corrected chi connectivity index (χ2v) is 5.16. The second-order valence-electron chi connectivity index (χ2n) is 5.16. The number of nitrogens with one attached hydrogen (secondary N) is 1. The van der Waals surface area contributed by atoms with Crippen LogP contribution in [0.15, 0.2) is 43.0 Å². The number of aromatic amines is 1. The van der Waals surface area contributed by atoms with Crippen LogP contribution in [0, 0.1) is 12.7 Å². The Labute approximate surface area is 124 Å². The van der Waals surface area contributed by atoms with Gasteiger partial charge >= 0.3 is 0 Å².